The van der Waals surface area contributed by atoms with Crippen LogP contribution in [0.3, 0.4) is 0 Å². The second-order valence-corrected chi connectivity index (χ2v) is 8.91. The van der Waals surface area contributed by atoms with E-state index in [4.69, 9.17) is 21.1 Å². The van der Waals surface area contributed by atoms with Crippen molar-refractivity contribution in [3.8, 4) is 0 Å². The van der Waals surface area contributed by atoms with Gasteiger partial charge in [-0.15, -0.1) is 0 Å². The number of carbonyl (C=O) groups is 1. The zero-order chi connectivity index (χ0) is 18.9. The largest absolute Gasteiger partial charge is 0.425 e. The molecule has 0 saturated heterocycles. The minimum absolute atomic E-state index is 0.0975. The van der Waals surface area contributed by atoms with Crippen molar-refractivity contribution in [3.05, 3.63) is 10.7 Å². The summed E-state index contributed by atoms with van der Waals surface area (Å²) in [5, 5.41) is 0.164. The van der Waals surface area contributed by atoms with E-state index < -0.39 is 12.3 Å². The molecule has 0 aromatic rings. The summed E-state index contributed by atoms with van der Waals surface area (Å²) in [6.45, 7) is 15.1. The molecule has 1 saturated carbocycles. The van der Waals surface area contributed by atoms with Gasteiger partial charge in [-0.3, -0.25) is 0 Å². The summed E-state index contributed by atoms with van der Waals surface area (Å²) in [5.74, 6) is 1.19. The Balaban J connectivity index is 2.26. The van der Waals surface area contributed by atoms with E-state index in [2.05, 4.69) is 53.4 Å². The van der Waals surface area contributed by atoms with Crippen LogP contribution < -0.4 is 0 Å². The van der Waals surface area contributed by atoms with Crippen LogP contribution in [0.4, 0.5) is 0 Å². The first-order valence-corrected chi connectivity index (χ1v) is 10.1. The molecule has 4 atom stereocenters. The van der Waals surface area contributed by atoms with Crippen LogP contribution in [0.25, 0.3) is 0 Å². The van der Waals surface area contributed by atoms with Gasteiger partial charge in [0, 0.05) is 12.1 Å². The Bertz CT molecular complexity index is 507. The van der Waals surface area contributed by atoms with Crippen LogP contribution in [0.15, 0.2) is 10.7 Å². The standard InChI is InChI=1S/C20H34ClNO3/c1-11(2)15-9-8-14(7)10-16(15)24-20-18(17(21)19(23)25-20)22(12(3)4)13(5)6/h11-16,20H,8-10H2,1-7H3/t14?,15?,16?,20-/m0/s1. The lowest BCUT2D eigenvalue weighted by molar-refractivity contribution is -0.186. The van der Waals surface area contributed by atoms with Crippen molar-refractivity contribution in [2.24, 2.45) is 17.8 Å². The Morgan fingerprint density at radius 1 is 1.12 bits per heavy atom. The molecule has 3 unspecified atom stereocenters. The van der Waals surface area contributed by atoms with Crippen LogP contribution >= 0.6 is 11.6 Å². The van der Waals surface area contributed by atoms with Gasteiger partial charge in [-0.25, -0.2) is 4.79 Å². The van der Waals surface area contributed by atoms with Crippen molar-refractivity contribution in [1.82, 2.24) is 4.90 Å². The van der Waals surface area contributed by atoms with Crippen LogP contribution in [0, 0.1) is 17.8 Å². The van der Waals surface area contributed by atoms with Crippen molar-refractivity contribution in [3.63, 3.8) is 0 Å². The highest BCUT2D eigenvalue weighted by molar-refractivity contribution is 6.42. The van der Waals surface area contributed by atoms with Crippen LogP contribution in [0.5, 0.6) is 0 Å². The monoisotopic (exact) mass is 371 g/mol. The molecule has 25 heavy (non-hydrogen) atoms. The van der Waals surface area contributed by atoms with Crippen molar-refractivity contribution in [2.75, 3.05) is 0 Å². The van der Waals surface area contributed by atoms with Gasteiger partial charge in [0.15, 0.2) is 5.03 Å². The SMILES string of the molecule is CC1CCC(C(C)C)C(O[C@H]2OC(=O)C(Cl)=C2N(C(C)C)C(C)C)C1. The molecule has 0 amide bonds. The Kier molecular flexibility index (Phi) is 6.83. The zero-order valence-electron chi connectivity index (χ0n) is 16.7. The van der Waals surface area contributed by atoms with Crippen LogP contribution in [0.2, 0.25) is 0 Å². The van der Waals surface area contributed by atoms with Gasteiger partial charge in [0.1, 0.15) is 5.70 Å². The van der Waals surface area contributed by atoms with E-state index in [-0.39, 0.29) is 23.2 Å². The fraction of sp³-hybridized carbons (Fsp3) is 0.850. The minimum atomic E-state index is -0.693. The maximum Gasteiger partial charge on any atom is 0.354 e. The lowest BCUT2D eigenvalue weighted by Gasteiger charge is -2.40. The molecule has 1 heterocycles. The molecular weight excluding hydrogens is 338 g/mol. The summed E-state index contributed by atoms with van der Waals surface area (Å²) in [6.07, 6.45) is 2.81. The fourth-order valence-electron chi connectivity index (χ4n) is 4.32. The van der Waals surface area contributed by atoms with Crippen molar-refractivity contribution >= 4 is 17.6 Å². The first kappa shape index (κ1) is 20.6. The van der Waals surface area contributed by atoms with Gasteiger partial charge in [0.05, 0.1) is 6.10 Å². The van der Waals surface area contributed by atoms with Gasteiger partial charge in [-0.05, 0) is 58.3 Å². The topological polar surface area (TPSA) is 38.8 Å². The zero-order valence-corrected chi connectivity index (χ0v) is 17.5. The summed E-state index contributed by atoms with van der Waals surface area (Å²) < 4.78 is 11.9. The van der Waals surface area contributed by atoms with Gasteiger partial charge < -0.3 is 14.4 Å². The van der Waals surface area contributed by atoms with Crippen LogP contribution in [-0.4, -0.2) is 35.3 Å². The third-order valence-electron chi connectivity index (χ3n) is 5.49. The van der Waals surface area contributed by atoms with Gasteiger partial charge in [-0.1, -0.05) is 38.8 Å². The molecule has 2 aliphatic rings. The highest BCUT2D eigenvalue weighted by atomic mass is 35.5. The molecule has 5 heteroatoms. The number of nitrogens with zero attached hydrogens (tertiary/aromatic N) is 1. The molecule has 1 aliphatic heterocycles. The van der Waals surface area contributed by atoms with E-state index in [0.29, 0.717) is 23.5 Å². The maximum absolute atomic E-state index is 12.1. The van der Waals surface area contributed by atoms with Crippen molar-refractivity contribution in [1.29, 1.82) is 0 Å². The summed E-state index contributed by atoms with van der Waals surface area (Å²) in [6, 6.07) is 0.408. The van der Waals surface area contributed by atoms with Gasteiger partial charge in [-0.2, -0.15) is 0 Å². The molecular formula is C20H34ClNO3. The molecule has 0 aromatic carbocycles. The predicted octanol–water partition coefficient (Wildman–Crippen LogP) is 4.92. The lowest BCUT2D eigenvalue weighted by atomic mass is 9.75. The summed E-state index contributed by atoms with van der Waals surface area (Å²) in [5.41, 5.74) is 0.692. The molecule has 0 N–H and O–H groups in total. The normalized spacial score (nSPS) is 30.6. The number of carbonyl (C=O) groups excluding carboxylic acids is 1. The Labute approximate surface area is 157 Å². The molecule has 1 fully saturated rings. The van der Waals surface area contributed by atoms with Crippen molar-refractivity contribution < 1.29 is 14.3 Å². The van der Waals surface area contributed by atoms with Gasteiger partial charge in [0.25, 0.3) is 0 Å². The summed E-state index contributed by atoms with van der Waals surface area (Å²) in [7, 11) is 0. The number of halogens is 1. The maximum atomic E-state index is 12.1. The predicted molar refractivity (Wildman–Crippen MR) is 101 cm³/mol. The Hall–Kier alpha value is -0.740. The summed E-state index contributed by atoms with van der Waals surface area (Å²) in [4.78, 5) is 14.3. The number of esters is 1. The van der Waals surface area contributed by atoms with Gasteiger partial charge >= 0.3 is 5.97 Å². The van der Waals surface area contributed by atoms with E-state index in [0.717, 1.165) is 12.8 Å². The average Bonchev–Trinajstić information content (AvgIpc) is 2.74. The van der Waals surface area contributed by atoms with E-state index in [9.17, 15) is 4.79 Å². The first-order chi connectivity index (χ1) is 11.6. The first-order valence-electron chi connectivity index (χ1n) is 9.67. The minimum Gasteiger partial charge on any atom is -0.425 e. The second-order valence-electron chi connectivity index (χ2n) is 8.53. The highest BCUT2D eigenvalue weighted by Gasteiger charge is 2.42. The van der Waals surface area contributed by atoms with E-state index in [1.54, 1.807) is 0 Å². The van der Waals surface area contributed by atoms with E-state index in [1.165, 1.54) is 6.42 Å². The molecule has 0 bridgehead atoms. The van der Waals surface area contributed by atoms with Gasteiger partial charge in [0.2, 0.25) is 6.29 Å². The van der Waals surface area contributed by atoms with Crippen LogP contribution in [-0.2, 0) is 14.3 Å². The third kappa shape index (κ3) is 4.51. The molecule has 2 rings (SSSR count). The summed E-state index contributed by atoms with van der Waals surface area (Å²) >= 11 is 6.34. The molecule has 1 aliphatic carbocycles. The average molecular weight is 372 g/mol. The number of hydrogen-bond donors (Lipinski definition) is 0. The number of rotatable bonds is 6. The molecule has 0 radical (unpaired) electrons. The molecule has 0 aromatic heterocycles. The van der Waals surface area contributed by atoms with E-state index in [1.807, 2.05) is 0 Å². The lowest BCUT2D eigenvalue weighted by Crippen LogP contribution is -2.43. The number of cyclic esters (lactones) is 1. The van der Waals surface area contributed by atoms with Crippen molar-refractivity contribution in [2.45, 2.75) is 92.2 Å². The molecule has 4 nitrogen and oxygen atoms in total. The smallest absolute Gasteiger partial charge is 0.354 e. The van der Waals surface area contributed by atoms with E-state index >= 15 is 0 Å². The Morgan fingerprint density at radius 2 is 1.72 bits per heavy atom. The molecule has 0 spiro atoms. The number of ether oxygens (including phenoxy) is 2. The second kappa shape index (κ2) is 8.30. The Morgan fingerprint density at radius 3 is 2.24 bits per heavy atom. The quantitative estimate of drug-likeness (QED) is 0.621. The fourth-order valence-corrected chi connectivity index (χ4v) is 4.55. The van der Waals surface area contributed by atoms with Crippen LogP contribution in [0.1, 0.15) is 67.7 Å². The third-order valence-corrected chi connectivity index (χ3v) is 5.84. The highest BCUT2D eigenvalue weighted by Crippen LogP contribution is 2.39. The number of hydrogen-bond acceptors (Lipinski definition) is 4. The molecule has 144 valence electrons.